The van der Waals surface area contributed by atoms with Crippen LogP contribution in [0.1, 0.15) is 41.6 Å². The van der Waals surface area contributed by atoms with Crippen LogP contribution in [0.15, 0.2) is 126 Å². The van der Waals surface area contributed by atoms with E-state index < -0.39 is 11.5 Å². The first-order valence-electron chi connectivity index (χ1n) is 12.5. The first-order chi connectivity index (χ1) is 17.7. The van der Waals surface area contributed by atoms with E-state index in [1.54, 1.807) is 12.1 Å². The number of aliphatic hydroxyl groups is 1. The molecular weight excluding hydrogens is 444 g/mol. The molecule has 1 saturated carbocycles. The number of rotatable bonds is 7. The van der Waals surface area contributed by atoms with E-state index in [4.69, 9.17) is 5.10 Å². The highest BCUT2D eigenvalue weighted by Crippen LogP contribution is 2.41. The van der Waals surface area contributed by atoms with Crippen molar-refractivity contribution in [2.75, 3.05) is 5.01 Å². The van der Waals surface area contributed by atoms with Crippen molar-refractivity contribution in [3.63, 3.8) is 0 Å². The second-order valence-electron chi connectivity index (χ2n) is 9.20. The van der Waals surface area contributed by atoms with Gasteiger partial charge in [0, 0.05) is 17.2 Å². The van der Waals surface area contributed by atoms with Crippen LogP contribution < -0.4 is 5.01 Å². The SMILES string of the molecule is O=C(c1ccccc1)[C@@](O)(c1ccccc1)[C@@H]1CCCC/C1=N\N(c1ccccc1)c1ccccc1. The summed E-state index contributed by atoms with van der Waals surface area (Å²) >= 11 is 0. The summed E-state index contributed by atoms with van der Waals surface area (Å²) in [4.78, 5) is 14.0. The van der Waals surface area contributed by atoms with Crippen molar-refractivity contribution in [2.24, 2.45) is 11.0 Å². The lowest BCUT2D eigenvalue weighted by Crippen LogP contribution is -2.48. The summed E-state index contributed by atoms with van der Waals surface area (Å²) in [6, 6.07) is 38.4. The monoisotopic (exact) mass is 474 g/mol. The summed E-state index contributed by atoms with van der Waals surface area (Å²) in [7, 11) is 0. The molecule has 1 aliphatic rings. The van der Waals surface area contributed by atoms with Gasteiger partial charge in [-0.15, -0.1) is 0 Å². The summed E-state index contributed by atoms with van der Waals surface area (Å²) in [5, 5.41) is 19.5. The Morgan fingerprint density at radius 3 is 1.78 bits per heavy atom. The standard InChI is InChI=1S/C32H30N2O2/c35-31(25-15-5-1-6-16-25)32(36,26-17-7-2-8-18-26)29-23-13-14-24-30(29)33-34(27-19-9-3-10-20-27)28-21-11-4-12-22-28/h1-12,15-22,29,36H,13-14,23-24H2/b33-30+/t29-,32-/m1/s1. The van der Waals surface area contributed by atoms with Crippen molar-refractivity contribution >= 4 is 22.9 Å². The molecule has 0 saturated heterocycles. The number of nitrogens with zero attached hydrogens (tertiary/aromatic N) is 2. The summed E-state index contributed by atoms with van der Waals surface area (Å²) < 4.78 is 0. The van der Waals surface area contributed by atoms with Crippen molar-refractivity contribution in [3.8, 4) is 0 Å². The van der Waals surface area contributed by atoms with Crippen LogP contribution in [0.2, 0.25) is 0 Å². The molecule has 0 radical (unpaired) electrons. The van der Waals surface area contributed by atoms with Crippen molar-refractivity contribution in [3.05, 3.63) is 132 Å². The molecular formula is C32H30N2O2. The Morgan fingerprint density at radius 2 is 1.22 bits per heavy atom. The molecule has 1 aliphatic carbocycles. The average molecular weight is 475 g/mol. The second-order valence-corrected chi connectivity index (χ2v) is 9.20. The predicted octanol–water partition coefficient (Wildman–Crippen LogP) is 7.14. The highest BCUT2D eigenvalue weighted by Gasteiger charge is 2.48. The number of hydrogen-bond donors (Lipinski definition) is 1. The summed E-state index contributed by atoms with van der Waals surface area (Å²) in [5.41, 5.74) is 2.07. The maximum atomic E-state index is 14.0. The predicted molar refractivity (Wildman–Crippen MR) is 146 cm³/mol. The van der Waals surface area contributed by atoms with Crippen molar-refractivity contribution < 1.29 is 9.90 Å². The number of carbonyl (C=O) groups is 1. The fourth-order valence-corrected chi connectivity index (χ4v) is 5.09. The van der Waals surface area contributed by atoms with Gasteiger partial charge in [-0.1, -0.05) is 103 Å². The van der Waals surface area contributed by atoms with Gasteiger partial charge < -0.3 is 5.11 Å². The summed E-state index contributed by atoms with van der Waals surface area (Å²) in [6.07, 6.45) is 3.30. The maximum absolute atomic E-state index is 14.0. The highest BCUT2D eigenvalue weighted by atomic mass is 16.3. The Bertz CT molecular complexity index is 1270. The smallest absolute Gasteiger partial charge is 0.199 e. The molecule has 1 N–H and O–H groups in total. The van der Waals surface area contributed by atoms with Gasteiger partial charge in [0.15, 0.2) is 11.4 Å². The third-order valence-electron chi connectivity index (χ3n) is 6.91. The molecule has 4 aromatic carbocycles. The third kappa shape index (κ3) is 4.73. The van der Waals surface area contributed by atoms with Crippen molar-refractivity contribution in [2.45, 2.75) is 31.3 Å². The van der Waals surface area contributed by atoms with Crippen LogP contribution in [-0.4, -0.2) is 16.6 Å². The Morgan fingerprint density at radius 1 is 0.722 bits per heavy atom. The Labute approximate surface area is 212 Å². The normalized spacial score (nSPS) is 18.4. The second kappa shape index (κ2) is 10.7. The van der Waals surface area contributed by atoms with Crippen LogP contribution in [0.25, 0.3) is 0 Å². The van der Waals surface area contributed by atoms with E-state index in [2.05, 4.69) is 0 Å². The molecule has 4 aromatic rings. The quantitative estimate of drug-likeness (QED) is 0.229. The number of hydrogen-bond acceptors (Lipinski definition) is 4. The fourth-order valence-electron chi connectivity index (χ4n) is 5.09. The minimum absolute atomic E-state index is 0.292. The number of para-hydroxylation sites is 2. The molecule has 0 spiro atoms. The molecule has 1 fully saturated rings. The van der Waals surface area contributed by atoms with E-state index in [0.717, 1.165) is 36.3 Å². The van der Waals surface area contributed by atoms with E-state index in [-0.39, 0.29) is 5.78 Å². The fraction of sp³-hybridized carbons (Fsp3) is 0.188. The molecule has 0 unspecified atom stereocenters. The Hall–Kier alpha value is -4.02. The van der Waals surface area contributed by atoms with Crippen LogP contribution in [-0.2, 0) is 5.60 Å². The third-order valence-corrected chi connectivity index (χ3v) is 6.91. The molecule has 0 aromatic heterocycles. The van der Waals surface area contributed by atoms with Gasteiger partial charge in [-0.3, -0.25) is 4.79 Å². The van der Waals surface area contributed by atoms with E-state index in [9.17, 15) is 9.90 Å². The molecule has 4 nitrogen and oxygen atoms in total. The lowest BCUT2D eigenvalue weighted by Gasteiger charge is -2.39. The number of ketones is 1. The molecule has 0 aliphatic heterocycles. The minimum atomic E-state index is -1.72. The largest absolute Gasteiger partial charge is 0.376 e. The number of hydrazone groups is 1. The van der Waals surface area contributed by atoms with Gasteiger partial charge in [0.1, 0.15) is 0 Å². The van der Waals surface area contributed by atoms with Gasteiger partial charge in [-0.2, -0.15) is 5.10 Å². The molecule has 36 heavy (non-hydrogen) atoms. The molecule has 180 valence electrons. The van der Waals surface area contributed by atoms with Crippen LogP contribution in [0, 0.1) is 5.92 Å². The van der Waals surface area contributed by atoms with E-state index in [1.807, 2.05) is 114 Å². The van der Waals surface area contributed by atoms with Gasteiger partial charge >= 0.3 is 0 Å². The molecule has 5 rings (SSSR count). The molecule has 0 heterocycles. The van der Waals surface area contributed by atoms with E-state index in [0.29, 0.717) is 17.5 Å². The lowest BCUT2D eigenvalue weighted by molar-refractivity contribution is 0.00612. The average Bonchev–Trinajstić information content (AvgIpc) is 2.97. The molecule has 0 bridgehead atoms. The number of Topliss-reactive ketones (excluding diaryl/α,β-unsaturated/α-hetero) is 1. The van der Waals surface area contributed by atoms with Gasteiger partial charge in [0.05, 0.1) is 11.4 Å². The molecule has 4 heteroatoms. The molecule has 0 amide bonds. The lowest BCUT2D eigenvalue weighted by atomic mass is 9.69. The Balaban J connectivity index is 1.65. The van der Waals surface area contributed by atoms with Crippen molar-refractivity contribution in [1.82, 2.24) is 0 Å². The minimum Gasteiger partial charge on any atom is -0.376 e. The van der Waals surface area contributed by atoms with Crippen LogP contribution in [0.4, 0.5) is 11.4 Å². The number of benzene rings is 4. The zero-order valence-corrected chi connectivity index (χ0v) is 20.2. The molecule has 2 atom stereocenters. The maximum Gasteiger partial charge on any atom is 0.199 e. The van der Waals surface area contributed by atoms with Gasteiger partial charge in [0.25, 0.3) is 0 Å². The summed E-state index contributed by atoms with van der Waals surface area (Å²) in [6.45, 7) is 0. The zero-order valence-electron chi connectivity index (χ0n) is 20.2. The number of anilines is 2. The first kappa shape index (κ1) is 23.7. The number of carbonyl (C=O) groups excluding carboxylic acids is 1. The van der Waals surface area contributed by atoms with Crippen molar-refractivity contribution in [1.29, 1.82) is 0 Å². The zero-order chi connectivity index (χ0) is 24.8. The van der Waals surface area contributed by atoms with E-state index in [1.165, 1.54) is 0 Å². The Kier molecular flexibility index (Phi) is 7.06. The highest BCUT2D eigenvalue weighted by molar-refractivity contribution is 6.07. The van der Waals surface area contributed by atoms with Gasteiger partial charge in [-0.05, 0) is 49.1 Å². The van der Waals surface area contributed by atoms with Gasteiger partial charge in [0.2, 0.25) is 0 Å². The summed E-state index contributed by atoms with van der Waals surface area (Å²) in [5.74, 6) is -0.740. The van der Waals surface area contributed by atoms with Crippen LogP contribution in [0.5, 0.6) is 0 Å². The van der Waals surface area contributed by atoms with Crippen LogP contribution >= 0.6 is 0 Å². The topological polar surface area (TPSA) is 52.9 Å². The van der Waals surface area contributed by atoms with E-state index >= 15 is 0 Å². The first-order valence-corrected chi connectivity index (χ1v) is 12.5. The van der Waals surface area contributed by atoms with Crippen LogP contribution in [0.3, 0.4) is 0 Å². The van der Waals surface area contributed by atoms with Gasteiger partial charge in [-0.25, -0.2) is 5.01 Å².